The number of amides is 2. The Morgan fingerprint density at radius 3 is 2.11 bits per heavy atom. The van der Waals surface area contributed by atoms with E-state index in [0.717, 1.165) is 15.1 Å². The highest BCUT2D eigenvalue weighted by atomic mass is 35.5. The highest BCUT2D eigenvalue weighted by Gasteiger charge is 2.35. The van der Waals surface area contributed by atoms with Gasteiger partial charge in [0.05, 0.1) is 16.8 Å². The van der Waals surface area contributed by atoms with Crippen LogP contribution >= 0.6 is 11.6 Å². The van der Waals surface area contributed by atoms with E-state index >= 15 is 0 Å². The van der Waals surface area contributed by atoms with Gasteiger partial charge in [-0.25, -0.2) is 4.68 Å². The van der Waals surface area contributed by atoms with Crippen LogP contribution in [0, 0.1) is 0 Å². The number of halogens is 1. The number of aromatic nitrogens is 2. The molecule has 6 nitrogen and oxygen atoms in total. The summed E-state index contributed by atoms with van der Waals surface area (Å²) < 4.78 is 1.10. The minimum atomic E-state index is -0.434. The summed E-state index contributed by atoms with van der Waals surface area (Å²) in [6, 6.07) is 16.8. The molecule has 3 aromatic rings. The van der Waals surface area contributed by atoms with Crippen LogP contribution in [0.25, 0.3) is 12.2 Å². The summed E-state index contributed by atoms with van der Waals surface area (Å²) in [7, 11) is 0. The van der Waals surface area contributed by atoms with Gasteiger partial charge in [0, 0.05) is 11.1 Å². The van der Waals surface area contributed by atoms with Crippen LogP contribution < -0.4 is 5.56 Å². The Kier molecular flexibility index (Phi) is 4.63. The number of carbonyl (C=O) groups excluding carboxylic acids is 2. The molecule has 1 aromatic heterocycles. The molecular weight excluding hydrogens is 378 g/mol. The van der Waals surface area contributed by atoms with Gasteiger partial charge in [0.25, 0.3) is 17.4 Å². The Balaban J connectivity index is 1.58. The van der Waals surface area contributed by atoms with E-state index in [2.05, 4.69) is 5.10 Å². The van der Waals surface area contributed by atoms with Crippen LogP contribution in [0.4, 0.5) is 0 Å². The SMILES string of the molecule is O=C1c2ccccc2C(=O)N1Cn1nc(C=Cc2ccc(Cl)cc2)ccc1=O. The van der Waals surface area contributed by atoms with E-state index < -0.39 is 17.4 Å². The van der Waals surface area contributed by atoms with Crippen molar-refractivity contribution in [1.82, 2.24) is 14.7 Å². The predicted octanol–water partition coefficient (Wildman–Crippen LogP) is 3.32. The third kappa shape index (κ3) is 3.37. The molecule has 4 rings (SSSR count). The van der Waals surface area contributed by atoms with E-state index in [1.54, 1.807) is 48.5 Å². The molecule has 1 aliphatic heterocycles. The van der Waals surface area contributed by atoms with Crippen LogP contribution in [0.2, 0.25) is 5.02 Å². The zero-order chi connectivity index (χ0) is 19.7. The smallest absolute Gasteiger partial charge is 0.268 e. The number of hydrogen-bond donors (Lipinski definition) is 0. The quantitative estimate of drug-likeness (QED) is 0.639. The second-order valence-corrected chi connectivity index (χ2v) is 6.64. The van der Waals surface area contributed by atoms with Crippen molar-refractivity contribution in [3.63, 3.8) is 0 Å². The molecule has 0 N–H and O–H groups in total. The van der Waals surface area contributed by atoms with Gasteiger partial charge >= 0.3 is 0 Å². The second kappa shape index (κ2) is 7.25. The van der Waals surface area contributed by atoms with Crippen molar-refractivity contribution in [2.24, 2.45) is 0 Å². The molecule has 1 aliphatic rings. The van der Waals surface area contributed by atoms with Crippen LogP contribution in [0.15, 0.2) is 65.5 Å². The highest BCUT2D eigenvalue weighted by molar-refractivity contribution is 6.30. The normalized spacial score (nSPS) is 13.4. The van der Waals surface area contributed by atoms with Crippen molar-refractivity contribution in [2.75, 3.05) is 0 Å². The monoisotopic (exact) mass is 391 g/mol. The molecule has 0 fully saturated rings. The average molecular weight is 392 g/mol. The predicted molar refractivity (Wildman–Crippen MR) is 106 cm³/mol. The number of hydrogen-bond acceptors (Lipinski definition) is 4. The van der Waals surface area contributed by atoms with Crippen molar-refractivity contribution in [3.05, 3.63) is 98.4 Å². The summed E-state index contributed by atoms with van der Waals surface area (Å²) in [6.45, 7) is -0.242. The number of nitrogens with zero attached hydrogens (tertiary/aromatic N) is 3. The lowest BCUT2D eigenvalue weighted by Gasteiger charge is -2.14. The van der Waals surface area contributed by atoms with Crippen LogP contribution in [0.5, 0.6) is 0 Å². The summed E-state index contributed by atoms with van der Waals surface area (Å²) in [5.41, 5.74) is 1.70. The van der Waals surface area contributed by atoms with Gasteiger partial charge in [-0.15, -0.1) is 0 Å². The molecule has 0 bridgehead atoms. The number of carbonyl (C=O) groups is 2. The fourth-order valence-electron chi connectivity index (χ4n) is 2.91. The van der Waals surface area contributed by atoms with Gasteiger partial charge in [0.15, 0.2) is 0 Å². The van der Waals surface area contributed by atoms with Crippen molar-refractivity contribution < 1.29 is 9.59 Å². The third-order valence-corrected chi connectivity index (χ3v) is 4.61. The molecule has 0 unspecified atom stereocenters. The molecule has 0 atom stereocenters. The fraction of sp³-hybridized carbons (Fsp3) is 0.0476. The van der Waals surface area contributed by atoms with Crippen molar-refractivity contribution in [1.29, 1.82) is 0 Å². The average Bonchev–Trinajstić information content (AvgIpc) is 2.95. The standard InChI is InChI=1S/C21H14ClN3O3/c22-15-8-5-14(6-9-15)7-10-16-11-12-19(26)25(23-16)13-24-20(27)17-3-1-2-4-18(17)21(24)28/h1-12H,13H2. The van der Waals surface area contributed by atoms with E-state index in [4.69, 9.17) is 11.6 Å². The van der Waals surface area contributed by atoms with E-state index in [0.29, 0.717) is 21.8 Å². The zero-order valence-electron chi connectivity index (χ0n) is 14.6. The molecule has 28 heavy (non-hydrogen) atoms. The summed E-state index contributed by atoms with van der Waals surface area (Å²) in [5.74, 6) is -0.868. The summed E-state index contributed by atoms with van der Waals surface area (Å²) in [5, 5.41) is 4.89. The minimum Gasteiger partial charge on any atom is -0.269 e. The van der Waals surface area contributed by atoms with Crippen LogP contribution in [0.3, 0.4) is 0 Å². The maximum Gasteiger partial charge on any atom is 0.268 e. The Labute approximate surface area is 165 Å². The van der Waals surface area contributed by atoms with E-state index in [-0.39, 0.29) is 6.67 Å². The molecule has 2 amide bonds. The van der Waals surface area contributed by atoms with Gasteiger partial charge in [-0.05, 0) is 42.0 Å². The van der Waals surface area contributed by atoms with E-state index in [1.807, 2.05) is 18.2 Å². The molecule has 0 saturated carbocycles. The lowest BCUT2D eigenvalue weighted by atomic mass is 10.1. The Morgan fingerprint density at radius 1 is 0.821 bits per heavy atom. The molecule has 2 aromatic carbocycles. The molecule has 0 spiro atoms. The summed E-state index contributed by atoms with van der Waals surface area (Å²) >= 11 is 5.87. The highest BCUT2D eigenvalue weighted by Crippen LogP contribution is 2.22. The minimum absolute atomic E-state index is 0.242. The number of benzene rings is 2. The molecule has 138 valence electrons. The Bertz CT molecular complexity index is 1130. The Morgan fingerprint density at radius 2 is 1.46 bits per heavy atom. The van der Waals surface area contributed by atoms with Gasteiger partial charge in [0.1, 0.15) is 6.67 Å². The van der Waals surface area contributed by atoms with Gasteiger partial charge in [-0.3, -0.25) is 19.3 Å². The summed E-state index contributed by atoms with van der Waals surface area (Å²) in [6.07, 6.45) is 3.57. The molecule has 2 heterocycles. The maximum atomic E-state index is 12.5. The van der Waals surface area contributed by atoms with E-state index in [1.165, 1.54) is 6.07 Å². The van der Waals surface area contributed by atoms with Crippen LogP contribution in [0.1, 0.15) is 32.0 Å². The topological polar surface area (TPSA) is 72.3 Å². The molecule has 0 radical (unpaired) electrons. The van der Waals surface area contributed by atoms with Gasteiger partial charge in [0.2, 0.25) is 0 Å². The van der Waals surface area contributed by atoms with Gasteiger partial charge in [-0.2, -0.15) is 5.10 Å². The van der Waals surface area contributed by atoms with Gasteiger partial charge in [-0.1, -0.05) is 41.9 Å². The molecule has 7 heteroatoms. The lowest BCUT2D eigenvalue weighted by Crippen LogP contribution is -2.37. The first-order valence-corrected chi connectivity index (χ1v) is 8.88. The maximum absolute atomic E-state index is 12.5. The van der Waals surface area contributed by atoms with Crippen LogP contribution in [-0.4, -0.2) is 26.5 Å². The largest absolute Gasteiger partial charge is 0.269 e. The fourth-order valence-corrected chi connectivity index (χ4v) is 3.04. The first-order chi connectivity index (χ1) is 13.5. The number of imide groups is 1. The van der Waals surface area contributed by atoms with Crippen molar-refractivity contribution in [2.45, 2.75) is 6.67 Å². The van der Waals surface area contributed by atoms with Crippen molar-refractivity contribution in [3.8, 4) is 0 Å². The second-order valence-electron chi connectivity index (χ2n) is 6.21. The van der Waals surface area contributed by atoms with Crippen LogP contribution in [-0.2, 0) is 6.67 Å². The van der Waals surface area contributed by atoms with E-state index in [9.17, 15) is 14.4 Å². The van der Waals surface area contributed by atoms with Gasteiger partial charge < -0.3 is 0 Å². The first-order valence-electron chi connectivity index (χ1n) is 8.50. The first kappa shape index (κ1) is 17.9. The summed E-state index contributed by atoms with van der Waals surface area (Å²) in [4.78, 5) is 38.2. The molecule has 0 saturated heterocycles. The number of fused-ring (bicyclic) bond motifs is 1. The van der Waals surface area contributed by atoms with Crippen molar-refractivity contribution >= 4 is 35.6 Å². The lowest BCUT2D eigenvalue weighted by molar-refractivity contribution is 0.0594. The third-order valence-electron chi connectivity index (χ3n) is 4.36. The Hall–Kier alpha value is -3.51. The molecule has 0 aliphatic carbocycles. The number of rotatable bonds is 4. The zero-order valence-corrected chi connectivity index (χ0v) is 15.3. The molecular formula is C21H14ClN3O3.